The zero-order valence-corrected chi connectivity index (χ0v) is 11.9. The molecule has 2 saturated heterocycles. The summed E-state index contributed by atoms with van der Waals surface area (Å²) >= 11 is 0. The van der Waals surface area contributed by atoms with Gasteiger partial charge >= 0.3 is 0 Å². The summed E-state index contributed by atoms with van der Waals surface area (Å²) in [6.07, 6.45) is 6.42. The minimum Gasteiger partial charge on any atom is -0.314 e. The lowest BCUT2D eigenvalue weighted by atomic mass is 9.87. The number of nitriles is 1. The van der Waals surface area contributed by atoms with Crippen LogP contribution in [0.15, 0.2) is 0 Å². The average Bonchev–Trinajstić information content (AvgIpc) is 2.91. The molecule has 2 fully saturated rings. The maximum atomic E-state index is 9.03. The first-order chi connectivity index (χ1) is 8.61. The third-order valence-corrected chi connectivity index (χ3v) is 4.66. The van der Waals surface area contributed by atoms with Crippen LogP contribution in [0.25, 0.3) is 0 Å². The van der Waals surface area contributed by atoms with Gasteiger partial charge in [0.1, 0.15) is 0 Å². The highest BCUT2D eigenvalue weighted by Crippen LogP contribution is 2.27. The topological polar surface area (TPSA) is 39.1 Å². The first-order valence-electron chi connectivity index (χ1n) is 7.48. The van der Waals surface area contributed by atoms with Crippen molar-refractivity contribution in [2.75, 3.05) is 26.2 Å². The van der Waals surface area contributed by atoms with E-state index in [1.165, 1.54) is 45.3 Å². The van der Waals surface area contributed by atoms with Crippen molar-refractivity contribution in [2.24, 2.45) is 11.3 Å². The standard InChI is InChI=1S/C15H27N3/c1-15(2,12-16)7-11-18-9-5-13(6-10-18)14-4-3-8-17-14/h13-14,17H,3-11H2,1-2H3. The highest BCUT2D eigenvalue weighted by molar-refractivity contribution is 4.92. The van der Waals surface area contributed by atoms with E-state index in [9.17, 15) is 0 Å². The van der Waals surface area contributed by atoms with Crippen LogP contribution in [0, 0.1) is 22.7 Å². The quantitative estimate of drug-likeness (QED) is 0.831. The fourth-order valence-corrected chi connectivity index (χ4v) is 3.19. The van der Waals surface area contributed by atoms with Gasteiger partial charge in [-0.05, 0) is 78.0 Å². The van der Waals surface area contributed by atoms with Gasteiger partial charge in [0.25, 0.3) is 0 Å². The van der Waals surface area contributed by atoms with Crippen LogP contribution in [0.2, 0.25) is 0 Å². The molecule has 2 aliphatic heterocycles. The van der Waals surface area contributed by atoms with E-state index in [1.807, 2.05) is 13.8 Å². The molecule has 0 aromatic rings. The van der Waals surface area contributed by atoms with Gasteiger partial charge in [-0.15, -0.1) is 0 Å². The number of hydrogen-bond donors (Lipinski definition) is 1. The fraction of sp³-hybridized carbons (Fsp3) is 0.933. The molecule has 0 aliphatic carbocycles. The predicted molar refractivity (Wildman–Crippen MR) is 74.2 cm³/mol. The molecule has 3 heteroatoms. The summed E-state index contributed by atoms with van der Waals surface area (Å²) in [5.74, 6) is 0.896. The van der Waals surface area contributed by atoms with Crippen LogP contribution in [-0.2, 0) is 0 Å². The summed E-state index contributed by atoms with van der Waals surface area (Å²) in [7, 11) is 0. The Morgan fingerprint density at radius 1 is 1.28 bits per heavy atom. The van der Waals surface area contributed by atoms with Crippen LogP contribution in [0.4, 0.5) is 0 Å². The molecule has 0 radical (unpaired) electrons. The molecule has 102 valence electrons. The number of nitrogens with zero attached hydrogens (tertiary/aromatic N) is 2. The summed E-state index contributed by atoms with van der Waals surface area (Å²) in [5, 5.41) is 12.7. The van der Waals surface area contributed by atoms with Crippen molar-refractivity contribution in [3.63, 3.8) is 0 Å². The second-order valence-corrected chi connectivity index (χ2v) is 6.63. The molecule has 1 N–H and O–H groups in total. The first kappa shape index (κ1) is 13.8. The normalized spacial score (nSPS) is 27.3. The Labute approximate surface area is 112 Å². The van der Waals surface area contributed by atoms with Gasteiger partial charge in [-0.2, -0.15) is 5.26 Å². The molecule has 2 aliphatic rings. The van der Waals surface area contributed by atoms with Crippen LogP contribution >= 0.6 is 0 Å². The van der Waals surface area contributed by atoms with Crippen molar-refractivity contribution in [2.45, 2.75) is 52.0 Å². The van der Waals surface area contributed by atoms with Crippen LogP contribution in [0.5, 0.6) is 0 Å². The van der Waals surface area contributed by atoms with Crippen LogP contribution in [-0.4, -0.2) is 37.1 Å². The lowest BCUT2D eigenvalue weighted by Gasteiger charge is -2.35. The minimum atomic E-state index is -0.163. The van der Waals surface area contributed by atoms with Crippen molar-refractivity contribution in [1.29, 1.82) is 5.26 Å². The van der Waals surface area contributed by atoms with E-state index < -0.39 is 0 Å². The van der Waals surface area contributed by atoms with Crippen molar-refractivity contribution in [1.82, 2.24) is 10.2 Å². The Bertz CT molecular complexity index is 291. The highest BCUT2D eigenvalue weighted by atomic mass is 15.1. The van der Waals surface area contributed by atoms with E-state index >= 15 is 0 Å². The predicted octanol–water partition coefficient (Wildman–Crippen LogP) is 2.39. The second kappa shape index (κ2) is 6.04. The molecule has 1 atom stereocenters. The SMILES string of the molecule is CC(C)(C#N)CCN1CCC(C2CCCN2)CC1. The molecular formula is C15H27N3. The molecule has 0 saturated carbocycles. The number of nitrogens with one attached hydrogen (secondary N) is 1. The van der Waals surface area contributed by atoms with E-state index in [4.69, 9.17) is 5.26 Å². The van der Waals surface area contributed by atoms with Crippen LogP contribution in [0.3, 0.4) is 0 Å². The number of hydrogen-bond acceptors (Lipinski definition) is 3. The monoisotopic (exact) mass is 249 g/mol. The van der Waals surface area contributed by atoms with Gasteiger partial charge in [0.2, 0.25) is 0 Å². The maximum absolute atomic E-state index is 9.03. The molecule has 0 bridgehead atoms. The molecule has 2 heterocycles. The summed E-state index contributed by atoms with van der Waals surface area (Å²) in [4.78, 5) is 2.55. The summed E-state index contributed by atoms with van der Waals surface area (Å²) < 4.78 is 0. The molecule has 2 rings (SSSR count). The Morgan fingerprint density at radius 3 is 2.56 bits per heavy atom. The van der Waals surface area contributed by atoms with Crippen molar-refractivity contribution in [3.8, 4) is 6.07 Å². The first-order valence-corrected chi connectivity index (χ1v) is 7.48. The van der Waals surface area contributed by atoms with Gasteiger partial charge in [-0.1, -0.05) is 0 Å². The van der Waals surface area contributed by atoms with E-state index in [0.29, 0.717) is 0 Å². The zero-order chi connectivity index (χ0) is 13.0. The third kappa shape index (κ3) is 3.70. The van der Waals surface area contributed by atoms with E-state index in [1.54, 1.807) is 0 Å². The summed E-state index contributed by atoms with van der Waals surface area (Å²) in [6, 6.07) is 3.19. The van der Waals surface area contributed by atoms with Gasteiger partial charge < -0.3 is 10.2 Å². The average molecular weight is 249 g/mol. The van der Waals surface area contributed by atoms with Gasteiger partial charge in [0, 0.05) is 6.04 Å². The van der Waals surface area contributed by atoms with E-state index in [0.717, 1.165) is 24.9 Å². The van der Waals surface area contributed by atoms with Gasteiger partial charge in [-0.25, -0.2) is 0 Å². The fourth-order valence-electron chi connectivity index (χ4n) is 3.19. The summed E-state index contributed by atoms with van der Waals surface area (Å²) in [6.45, 7) is 8.85. The lowest BCUT2D eigenvalue weighted by molar-refractivity contribution is 0.152. The molecule has 0 spiro atoms. The Hall–Kier alpha value is -0.590. The molecule has 0 aromatic heterocycles. The second-order valence-electron chi connectivity index (χ2n) is 6.63. The zero-order valence-electron chi connectivity index (χ0n) is 11.9. The Kier molecular flexibility index (Phi) is 4.64. The molecule has 18 heavy (non-hydrogen) atoms. The molecular weight excluding hydrogens is 222 g/mol. The molecule has 1 unspecified atom stereocenters. The van der Waals surface area contributed by atoms with Crippen molar-refractivity contribution < 1.29 is 0 Å². The Morgan fingerprint density at radius 2 is 2.00 bits per heavy atom. The Balaban J connectivity index is 1.69. The number of likely N-dealkylation sites (tertiary alicyclic amines) is 1. The van der Waals surface area contributed by atoms with E-state index in [2.05, 4.69) is 16.3 Å². The van der Waals surface area contributed by atoms with E-state index in [-0.39, 0.29) is 5.41 Å². The maximum Gasteiger partial charge on any atom is 0.0684 e. The molecule has 3 nitrogen and oxygen atoms in total. The molecule has 0 amide bonds. The molecule has 0 aromatic carbocycles. The largest absolute Gasteiger partial charge is 0.314 e. The minimum absolute atomic E-state index is 0.163. The smallest absolute Gasteiger partial charge is 0.0684 e. The van der Waals surface area contributed by atoms with Gasteiger partial charge in [-0.3, -0.25) is 0 Å². The third-order valence-electron chi connectivity index (χ3n) is 4.66. The van der Waals surface area contributed by atoms with Gasteiger partial charge in [0.15, 0.2) is 0 Å². The number of piperidine rings is 1. The van der Waals surface area contributed by atoms with Crippen molar-refractivity contribution >= 4 is 0 Å². The lowest BCUT2D eigenvalue weighted by Crippen LogP contribution is -2.41. The van der Waals surface area contributed by atoms with Crippen LogP contribution in [0.1, 0.15) is 46.0 Å². The van der Waals surface area contributed by atoms with Crippen molar-refractivity contribution in [3.05, 3.63) is 0 Å². The number of rotatable bonds is 4. The van der Waals surface area contributed by atoms with Gasteiger partial charge in [0.05, 0.1) is 11.5 Å². The summed E-state index contributed by atoms with van der Waals surface area (Å²) in [5.41, 5.74) is -0.163. The van der Waals surface area contributed by atoms with Crippen LogP contribution < -0.4 is 5.32 Å². The highest BCUT2D eigenvalue weighted by Gasteiger charge is 2.28.